The molecule has 1 aliphatic carbocycles. The second kappa shape index (κ2) is 8.54. The van der Waals surface area contributed by atoms with Gasteiger partial charge in [0.05, 0.1) is 0 Å². The normalized spacial score (nSPS) is 19.7. The van der Waals surface area contributed by atoms with Gasteiger partial charge in [0.1, 0.15) is 12.1 Å². The fourth-order valence-electron chi connectivity index (χ4n) is 5.01. The molecule has 2 aromatic rings. The van der Waals surface area contributed by atoms with E-state index in [4.69, 9.17) is 4.74 Å². The molecule has 7 nitrogen and oxygen atoms in total. The van der Waals surface area contributed by atoms with E-state index >= 15 is 0 Å². The highest BCUT2D eigenvalue weighted by molar-refractivity contribution is 5.88. The molecule has 1 heterocycles. The van der Waals surface area contributed by atoms with E-state index in [1.54, 1.807) is 20.8 Å². The van der Waals surface area contributed by atoms with E-state index in [-0.39, 0.29) is 24.9 Å². The van der Waals surface area contributed by atoms with Crippen molar-refractivity contribution in [3.63, 3.8) is 0 Å². The van der Waals surface area contributed by atoms with E-state index in [2.05, 4.69) is 29.6 Å². The summed E-state index contributed by atoms with van der Waals surface area (Å²) in [5, 5.41) is 12.3. The van der Waals surface area contributed by atoms with Gasteiger partial charge in [-0.25, -0.2) is 9.59 Å². The first kappa shape index (κ1) is 22.8. The number of hydrogen-bond acceptors (Lipinski definition) is 4. The highest BCUT2D eigenvalue weighted by Gasteiger charge is 2.46. The van der Waals surface area contributed by atoms with Crippen LogP contribution in [0.2, 0.25) is 0 Å². The van der Waals surface area contributed by atoms with Gasteiger partial charge in [0.15, 0.2) is 0 Å². The van der Waals surface area contributed by atoms with Crippen LogP contribution < -0.4 is 5.32 Å². The number of amides is 2. The summed E-state index contributed by atoms with van der Waals surface area (Å²) in [7, 11) is 0. The van der Waals surface area contributed by atoms with Crippen LogP contribution in [0.3, 0.4) is 0 Å². The predicted octanol–water partition coefficient (Wildman–Crippen LogP) is 4.16. The molecule has 0 saturated carbocycles. The quantitative estimate of drug-likeness (QED) is 0.689. The summed E-state index contributed by atoms with van der Waals surface area (Å²) in [6, 6.07) is 16.2. The minimum absolute atomic E-state index is 0.0138. The van der Waals surface area contributed by atoms with Gasteiger partial charge in [-0.2, -0.15) is 0 Å². The molecule has 1 atom stereocenters. The number of benzene rings is 2. The summed E-state index contributed by atoms with van der Waals surface area (Å²) in [5.74, 6) is -1.34. The highest BCUT2D eigenvalue weighted by atomic mass is 16.5. The lowest BCUT2D eigenvalue weighted by Gasteiger charge is -2.34. The molecule has 0 radical (unpaired) electrons. The molecular formula is C26H30N2O5. The topological polar surface area (TPSA) is 95.9 Å². The third kappa shape index (κ3) is 4.32. The maximum atomic E-state index is 12.9. The van der Waals surface area contributed by atoms with Crippen molar-refractivity contribution in [2.45, 2.75) is 57.0 Å². The van der Waals surface area contributed by atoms with Crippen LogP contribution in [0.5, 0.6) is 0 Å². The van der Waals surface area contributed by atoms with E-state index in [1.807, 2.05) is 24.3 Å². The van der Waals surface area contributed by atoms with Crippen molar-refractivity contribution in [3.05, 3.63) is 59.7 Å². The number of nitrogens with zero attached hydrogens (tertiary/aromatic N) is 1. The molecule has 0 spiro atoms. The average Bonchev–Trinajstić information content (AvgIpc) is 3.31. The number of carbonyl (C=O) groups is 3. The van der Waals surface area contributed by atoms with E-state index in [0.717, 1.165) is 22.3 Å². The third-order valence-electron chi connectivity index (χ3n) is 6.78. The molecule has 174 valence electrons. The number of hydrogen-bond donors (Lipinski definition) is 2. The first-order valence-corrected chi connectivity index (χ1v) is 11.3. The van der Waals surface area contributed by atoms with Crippen LogP contribution in [0, 0.1) is 0 Å². The maximum absolute atomic E-state index is 12.9. The molecule has 2 aliphatic rings. The lowest BCUT2D eigenvalue weighted by molar-refractivity contribution is -0.155. The fourth-order valence-corrected chi connectivity index (χ4v) is 5.01. The second-order valence-corrected chi connectivity index (χ2v) is 9.74. The van der Waals surface area contributed by atoms with E-state index in [9.17, 15) is 19.5 Å². The Bertz CT molecular complexity index is 1050. The van der Waals surface area contributed by atoms with Gasteiger partial charge in [-0.15, -0.1) is 0 Å². The molecule has 2 N–H and O–H groups in total. The Labute approximate surface area is 193 Å². The number of carbonyl (C=O) groups excluding carboxylic acids is 2. The monoisotopic (exact) mass is 450 g/mol. The lowest BCUT2D eigenvalue weighted by Crippen LogP contribution is -2.54. The summed E-state index contributed by atoms with van der Waals surface area (Å²) < 4.78 is 5.59. The predicted molar refractivity (Wildman–Crippen MR) is 124 cm³/mol. The van der Waals surface area contributed by atoms with Gasteiger partial charge in [0.25, 0.3) is 0 Å². The highest BCUT2D eigenvalue weighted by Crippen LogP contribution is 2.44. The summed E-state index contributed by atoms with van der Waals surface area (Å²) in [6.45, 7) is 5.64. The summed E-state index contributed by atoms with van der Waals surface area (Å²) in [6.07, 6.45) is 0.459. The lowest BCUT2D eigenvalue weighted by atomic mass is 9.96. The van der Waals surface area contributed by atoms with Gasteiger partial charge in [-0.3, -0.25) is 4.79 Å². The van der Waals surface area contributed by atoms with E-state index in [0.29, 0.717) is 19.4 Å². The molecule has 33 heavy (non-hydrogen) atoms. The van der Waals surface area contributed by atoms with Crippen LogP contribution in [0.15, 0.2) is 48.5 Å². The number of carboxylic acids is 1. The summed E-state index contributed by atoms with van der Waals surface area (Å²) >= 11 is 0. The van der Waals surface area contributed by atoms with Crippen molar-refractivity contribution in [2.24, 2.45) is 0 Å². The Morgan fingerprint density at radius 1 is 1.09 bits per heavy atom. The van der Waals surface area contributed by atoms with Crippen LogP contribution in [-0.2, 0) is 14.3 Å². The molecular weight excluding hydrogens is 420 g/mol. The van der Waals surface area contributed by atoms with Crippen LogP contribution in [0.4, 0.5) is 4.79 Å². The Hall–Kier alpha value is -3.35. The van der Waals surface area contributed by atoms with Gasteiger partial charge >= 0.3 is 12.1 Å². The van der Waals surface area contributed by atoms with E-state index < -0.39 is 23.1 Å². The van der Waals surface area contributed by atoms with Gasteiger partial charge in [0, 0.05) is 24.4 Å². The zero-order valence-electron chi connectivity index (χ0n) is 19.3. The van der Waals surface area contributed by atoms with Crippen LogP contribution in [-0.4, -0.2) is 52.2 Å². The molecule has 1 fully saturated rings. The smallest absolute Gasteiger partial charge is 0.407 e. The number of ether oxygens (including phenoxy) is 1. The summed E-state index contributed by atoms with van der Waals surface area (Å²) in [4.78, 5) is 38.6. The number of carboxylic acid groups (broad SMARTS) is 1. The largest absolute Gasteiger partial charge is 0.480 e. The fraction of sp³-hybridized carbons (Fsp3) is 0.423. The first-order chi connectivity index (χ1) is 15.6. The van der Waals surface area contributed by atoms with Crippen molar-refractivity contribution in [1.29, 1.82) is 0 Å². The molecule has 7 heteroatoms. The van der Waals surface area contributed by atoms with Gasteiger partial charge in [-0.05, 0) is 55.9 Å². The van der Waals surface area contributed by atoms with Crippen molar-refractivity contribution in [1.82, 2.24) is 10.2 Å². The van der Waals surface area contributed by atoms with E-state index in [1.165, 1.54) is 4.90 Å². The molecule has 1 saturated heterocycles. The maximum Gasteiger partial charge on any atom is 0.407 e. The minimum atomic E-state index is -1.20. The molecule has 0 unspecified atom stereocenters. The Morgan fingerprint density at radius 3 is 2.24 bits per heavy atom. The number of likely N-dealkylation sites (tertiary alicyclic amines) is 1. The van der Waals surface area contributed by atoms with Crippen molar-refractivity contribution in [3.8, 4) is 11.1 Å². The number of rotatable bonds is 6. The molecule has 0 bridgehead atoms. The molecule has 1 aliphatic heterocycles. The SMILES string of the molecule is CC(C)(CC(=O)N1CCC[C@@]1(C)C(=O)O)NC(=O)OCC1c2ccccc2-c2ccccc21. The summed E-state index contributed by atoms with van der Waals surface area (Å²) in [5.41, 5.74) is 2.48. The Balaban J connectivity index is 1.38. The Morgan fingerprint density at radius 2 is 1.67 bits per heavy atom. The molecule has 2 aromatic carbocycles. The number of fused-ring (bicyclic) bond motifs is 3. The molecule has 4 rings (SSSR count). The minimum Gasteiger partial charge on any atom is -0.480 e. The average molecular weight is 451 g/mol. The van der Waals surface area contributed by atoms with Crippen LogP contribution >= 0.6 is 0 Å². The van der Waals surface area contributed by atoms with Crippen molar-refractivity contribution >= 4 is 18.0 Å². The number of aliphatic carboxylic acids is 1. The number of nitrogens with one attached hydrogen (secondary N) is 1. The standard InChI is InChI=1S/C26H30N2O5/c1-25(2,15-22(29)28-14-8-13-26(28,3)23(30)31)27-24(32)33-16-21-19-11-6-4-9-17(19)18-10-5-7-12-20(18)21/h4-7,9-12,21H,8,13-16H2,1-3H3,(H,27,32)(H,30,31)/t26-/m0/s1. The zero-order chi connectivity index (χ0) is 23.8. The van der Waals surface area contributed by atoms with Crippen LogP contribution in [0.1, 0.15) is 57.1 Å². The number of alkyl carbamates (subject to hydrolysis) is 1. The zero-order valence-corrected chi connectivity index (χ0v) is 19.3. The third-order valence-corrected chi connectivity index (χ3v) is 6.78. The van der Waals surface area contributed by atoms with Crippen molar-refractivity contribution < 1.29 is 24.2 Å². The van der Waals surface area contributed by atoms with Gasteiger partial charge in [0.2, 0.25) is 5.91 Å². The van der Waals surface area contributed by atoms with Crippen LogP contribution in [0.25, 0.3) is 11.1 Å². The van der Waals surface area contributed by atoms with Gasteiger partial charge < -0.3 is 20.1 Å². The first-order valence-electron chi connectivity index (χ1n) is 11.3. The molecule has 2 amide bonds. The second-order valence-electron chi connectivity index (χ2n) is 9.74. The Kier molecular flexibility index (Phi) is 5.91. The van der Waals surface area contributed by atoms with Crippen molar-refractivity contribution in [2.75, 3.05) is 13.2 Å². The van der Waals surface area contributed by atoms with Gasteiger partial charge in [-0.1, -0.05) is 48.5 Å². The molecule has 0 aromatic heterocycles.